The molecule has 2 rings (SSSR count). The van der Waals surface area contributed by atoms with Crippen LogP contribution in [0.2, 0.25) is 0 Å². The van der Waals surface area contributed by atoms with E-state index in [4.69, 9.17) is 5.84 Å². The van der Waals surface area contributed by atoms with E-state index in [1.807, 2.05) is 6.07 Å². The maximum atomic E-state index is 13.5. The van der Waals surface area contributed by atoms with Gasteiger partial charge in [0, 0.05) is 16.2 Å². The van der Waals surface area contributed by atoms with Crippen molar-refractivity contribution in [2.45, 2.75) is 0 Å². The number of anilines is 3. The maximum absolute atomic E-state index is 13.5. The largest absolute Gasteiger partial charge is 0.338 e. The van der Waals surface area contributed by atoms with E-state index in [9.17, 15) is 8.78 Å². The highest BCUT2D eigenvalue weighted by Crippen LogP contribution is 2.23. The van der Waals surface area contributed by atoms with Crippen LogP contribution in [0.15, 0.2) is 34.8 Å². The lowest BCUT2D eigenvalue weighted by molar-refractivity contribution is 0.579. The number of nitrogen functional groups attached to an aromatic ring is 1. The van der Waals surface area contributed by atoms with Gasteiger partial charge in [-0.25, -0.2) is 19.6 Å². The molecule has 0 amide bonds. The Bertz CT molecular complexity index is 577. The number of halogens is 3. The normalized spacial score (nSPS) is 10.2. The van der Waals surface area contributed by atoms with E-state index in [0.717, 1.165) is 4.47 Å². The van der Waals surface area contributed by atoms with Crippen LogP contribution in [0.1, 0.15) is 0 Å². The molecule has 0 unspecified atom stereocenters. The summed E-state index contributed by atoms with van der Waals surface area (Å²) in [4.78, 5) is 3.70. The highest BCUT2D eigenvalue weighted by atomic mass is 79.9. The van der Waals surface area contributed by atoms with E-state index in [2.05, 4.69) is 31.7 Å². The van der Waals surface area contributed by atoms with Gasteiger partial charge in [0.25, 0.3) is 0 Å². The van der Waals surface area contributed by atoms with Gasteiger partial charge in [-0.1, -0.05) is 22.0 Å². The molecular weight excluding hydrogens is 306 g/mol. The SMILES string of the molecule is NNc1nc(Nc2cccc(Br)c2)c(F)cc1F. The molecule has 4 N–H and O–H groups in total. The molecule has 0 aliphatic carbocycles. The van der Waals surface area contributed by atoms with Gasteiger partial charge >= 0.3 is 0 Å². The Morgan fingerprint density at radius 1 is 1.11 bits per heavy atom. The molecule has 0 atom stereocenters. The molecule has 0 saturated carbocycles. The minimum absolute atomic E-state index is 0.109. The van der Waals surface area contributed by atoms with Gasteiger partial charge < -0.3 is 10.7 Å². The molecule has 0 spiro atoms. The molecule has 0 fully saturated rings. The van der Waals surface area contributed by atoms with Crippen LogP contribution in [-0.2, 0) is 0 Å². The average Bonchev–Trinajstić information content (AvgIpc) is 2.33. The number of hydrogen-bond donors (Lipinski definition) is 3. The summed E-state index contributed by atoms with van der Waals surface area (Å²) in [6.45, 7) is 0. The van der Waals surface area contributed by atoms with Crippen LogP contribution in [0.25, 0.3) is 0 Å². The zero-order valence-electron chi connectivity index (χ0n) is 9.05. The smallest absolute Gasteiger partial charge is 0.178 e. The maximum Gasteiger partial charge on any atom is 0.178 e. The highest BCUT2D eigenvalue weighted by molar-refractivity contribution is 9.10. The number of hydrogen-bond acceptors (Lipinski definition) is 4. The van der Waals surface area contributed by atoms with E-state index in [-0.39, 0.29) is 11.6 Å². The Kier molecular flexibility index (Phi) is 3.73. The lowest BCUT2D eigenvalue weighted by Gasteiger charge is -2.09. The minimum atomic E-state index is -0.852. The van der Waals surface area contributed by atoms with E-state index in [1.54, 1.807) is 18.2 Å². The predicted octanol–water partition coefficient (Wildman–Crippen LogP) is 3.15. The van der Waals surface area contributed by atoms with Crippen LogP contribution in [0.5, 0.6) is 0 Å². The summed E-state index contributed by atoms with van der Waals surface area (Å²) in [5, 5.41) is 2.74. The van der Waals surface area contributed by atoms with Gasteiger partial charge in [0.05, 0.1) is 0 Å². The quantitative estimate of drug-likeness (QED) is 0.601. The van der Waals surface area contributed by atoms with Crippen molar-refractivity contribution in [2.75, 3.05) is 10.7 Å². The third-order valence-corrected chi connectivity index (χ3v) is 2.65. The van der Waals surface area contributed by atoms with Crippen LogP contribution < -0.4 is 16.6 Å². The molecule has 0 aliphatic rings. The number of rotatable bonds is 3. The van der Waals surface area contributed by atoms with Crippen LogP contribution in [-0.4, -0.2) is 4.98 Å². The van der Waals surface area contributed by atoms with Gasteiger partial charge in [-0.05, 0) is 18.2 Å². The molecule has 1 heterocycles. The number of nitrogens with one attached hydrogen (secondary N) is 2. The Balaban J connectivity index is 2.34. The van der Waals surface area contributed by atoms with E-state index >= 15 is 0 Å². The van der Waals surface area contributed by atoms with Crippen molar-refractivity contribution in [1.82, 2.24) is 4.98 Å². The van der Waals surface area contributed by atoms with Gasteiger partial charge in [-0.3, -0.25) is 0 Å². The molecular formula is C11H9BrF2N4. The molecule has 94 valence electrons. The summed E-state index contributed by atoms with van der Waals surface area (Å²) in [5.74, 6) is 3.09. The van der Waals surface area contributed by atoms with Gasteiger partial charge in [0.2, 0.25) is 0 Å². The summed E-state index contributed by atoms with van der Waals surface area (Å²) in [5.41, 5.74) is 2.67. The molecule has 7 heteroatoms. The van der Waals surface area contributed by atoms with Crippen molar-refractivity contribution >= 4 is 33.3 Å². The highest BCUT2D eigenvalue weighted by Gasteiger charge is 2.11. The van der Waals surface area contributed by atoms with Crippen LogP contribution in [0.3, 0.4) is 0 Å². The summed E-state index contributed by atoms with van der Waals surface area (Å²) in [6, 6.07) is 7.77. The predicted molar refractivity (Wildman–Crippen MR) is 69.4 cm³/mol. The Labute approximate surface area is 110 Å². The topological polar surface area (TPSA) is 63.0 Å². The van der Waals surface area contributed by atoms with Crippen molar-refractivity contribution in [3.8, 4) is 0 Å². The van der Waals surface area contributed by atoms with Crippen LogP contribution in [0, 0.1) is 11.6 Å². The second-order valence-electron chi connectivity index (χ2n) is 3.43. The second-order valence-corrected chi connectivity index (χ2v) is 4.34. The van der Waals surface area contributed by atoms with Gasteiger partial charge in [0.1, 0.15) is 0 Å². The lowest BCUT2D eigenvalue weighted by Crippen LogP contribution is -2.12. The zero-order chi connectivity index (χ0) is 13.1. The third kappa shape index (κ3) is 2.74. The number of hydrazine groups is 1. The van der Waals surface area contributed by atoms with Gasteiger partial charge in [-0.15, -0.1) is 0 Å². The number of pyridine rings is 1. The number of nitrogens with zero attached hydrogens (tertiary/aromatic N) is 1. The van der Waals surface area contributed by atoms with Crippen LogP contribution >= 0.6 is 15.9 Å². The first-order valence-corrected chi connectivity index (χ1v) is 5.74. The Morgan fingerprint density at radius 2 is 1.83 bits per heavy atom. The molecule has 0 bridgehead atoms. The molecule has 4 nitrogen and oxygen atoms in total. The molecule has 1 aromatic carbocycles. The van der Waals surface area contributed by atoms with E-state index in [1.165, 1.54) is 0 Å². The standard InChI is InChI=1S/C11H9BrF2N4/c12-6-2-1-3-7(4-6)16-10-8(13)5-9(14)11(17-10)18-15/h1-5H,15H2,(H2,16,17,18). The summed E-state index contributed by atoms with van der Waals surface area (Å²) < 4.78 is 27.5. The van der Waals surface area contributed by atoms with Gasteiger partial charge in [0.15, 0.2) is 23.3 Å². The average molecular weight is 315 g/mol. The fraction of sp³-hybridized carbons (Fsp3) is 0. The fourth-order valence-corrected chi connectivity index (χ4v) is 1.76. The van der Waals surface area contributed by atoms with Crippen LogP contribution in [0.4, 0.5) is 26.1 Å². The molecule has 0 saturated heterocycles. The summed E-state index contributed by atoms with van der Waals surface area (Å²) >= 11 is 3.29. The third-order valence-electron chi connectivity index (χ3n) is 2.15. The molecule has 2 aromatic rings. The number of benzene rings is 1. The Hall–Kier alpha value is -1.73. The van der Waals surface area contributed by atoms with Gasteiger partial charge in [-0.2, -0.15) is 0 Å². The molecule has 1 aromatic heterocycles. The first-order valence-electron chi connectivity index (χ1n) is 4.95. The van der Waals surface area contributed by atoms with E-state index < -0.39 is 11.6 Å². The first kappa shape index (κ1) is 12.7. The first-order chi connectivity index (χ1) is 8.60. The molecule has 0 aliphatic heterocycles. The monoisotopic (exact) mass is 314 g/mol. The van der Waals surface area contributed by atoms with Crippen molar-refractivity contribution in [2.24, 2.45) is 5.84 Å². The molecule has 0 radical (unpaired) electrons. The zero-order valence-corrected chi connectivity index (χ0v) is 10.6. The summed E-state index contributed by atoms with van der Waals surface area (Å²) in [7, 11) is 0. The van der Waals surface area contributed by atoms with Crippen molar-refractivity contribution in [3.63, 3.8) is 0 Å². The second kappa shape index (κ2) is 5.28. The van der Waals surface area contributed by atoms with Crippen molar-refractivity contribution in [1.29, 1.82) is 0 Å². The molecule has 18 heavy (non-hydrogen) atoms. The van der Waals surface area contributed by atoms with Crippen molar-refractivity contribution < 1.29 is 8.78 Å². The Morgan fingerprint density at radius 3 is 2.50 bits per heavy atom. The van der Waals surface area contributed by atoms with Crippen molar-refractivity contribution in [3.05, 3.63) is 46.4 Å². The fourth-order valence-electron chi connectivity index (χ4n) is 1.36. The number of nitrogens with two attached hydrogens (primary N) is 1. The number of aromatic nitrogens is 1. The minimum Gasteiger partial charge on any atom is -0.338 e. The summed E-state index contributed by atoms with van der Waals surface area (Å²) in [6.07, 6.45) is 0. The lowest BCUT2D eigenvalue weighted by atomic mass is 10.3. The van der Waals surface area contributed by atoms with E-state index in [0.29, 0.717) is 11.8 Å².